The highest BCUT2D eigenvalue weighted by Gasteiger charge is 2.62. The summed E-state index contributed by atoms with van der Waals surface area (Å²) in [4.78, 5) is 18.3. The van der Waals surface area contributed by atoms with Gasteiger partial charge in [-0.15, -0.1) is 0 Å². The number of imidazole rings is 1. The van der Waals surface area contributed by atoms with Gasteiger partial charge in [0.25, 0.3) is 5.91 Å². The van der Waals surface area contributed by atoms with Crippen LogP contribution in [0.25, 0.3) is 0 Å². The molecule has 0 bridgehead atoms. The van der Waals surface area contributed by atoms with Crippen LogP contribution < -0.4 is 4.90 Å². The van der Waals surface area contributed by atoms with Crippen LogP contribution >= 0.6 is 0 Å². The Morgan fingerprint density at radius 3 is 2.33 bits per heavy atom. The van der Waals surface area contributed by atoms with Crippen molar-refractivity contribution in [3.8, 4) is 11.8 Å². The van der Waals surface area contributed by atoms with Crippen molar-refractivity contribution < 1.29 is 18.7 Å². The number of carbonyl (C=O) groups is 1. The molecule has 2 aromatic carbocycles. The van der Waals surface area contributed by atoms with Gasteiger partial charge in [0.15, 0.2) is 11.6 Å². The Balaban J connectivity index is 1.58. The van der Waals surface area contributed by atoms with Crippen LogP contribution in [0.15, 0.2) is 48.7 Å². The zero-order valence-electron chi connectivity index (χ0n) is 16.1. The molecule has 1 aliphatic carbocycles. The SMILES string of the molecule is CC(O)c1cnc2n1C1(CC1)C(=O)N2c1c(F)cc(C#Cc2ccccc2)cc1F. The number of fused-ring (bicyclic) bond motifs is 2. The minimum Gasteiger partial charge on any atom is -0.387 e. The zero-order valence-corrected chi connectivity index (χ0v) is 16.1. The fraction of sp³-hybridized carbons (Fsp3) is 0.217. The maximum atomic E-state index is 15.0. The van der Waals surface area contributed by atoms with E-state index < -0.39 is 34.9 Å². The van der Waals surface area contributed by atoms with E-state index in [1.165, 1.54) is 6.20 Å². The van der Waals surface area contributed by atoms with Crippen molar-refractivity contribution in [2.75, 3.05) is 4.90 Å². The number of hydrogen-bond acceptors (Lipinski definition) is 3. The summed E-state index contributed by atoms with van der Waals surface area (Å²) >= 11 is 0. The van der Waals surface area contributed by atoms with Gasteiger partial charge in [-0.1, -0.05) is 30.0 Å². The van der Waals surface area contributed by atoms with E-state index in [0.29, 0.717) is 18.5 Å². The van der Waals surface area contributed by atoms with Crippen molar-refractivity contribution >= 4 is 17.5 Å². The molecule has 1 unspecified atom stereocenters. The van der Waals surface area contributed by atoms with Crippen molar-refractivity contribution in [3.05, 3.63) is 77.1 Å². The van der Waals surface area contributed by atoms with Crippen LogP contribution in [0.4, 0.5) is 20.4 Å². The number of benzene rings is 2. The van der Waals surface area contributed by atoms with E-state index in [9.17, 15) is 9.90 Å². The highest BCUT2D eigenvalue weighted by molar-refractivity contribution is 6.09. The molecule has 1 N–H and O–H groups in total. The van der Waals surface area contributed by atoms with E-state index >= 15 is 8.78 Å². The molecule has 3 aromatic rings. The Morgan fingerprint density at radius 2 is 1.73 bits per heavy atom. The van der Waals surface area contributed by atoms with Crippen molar-refractivity contribution in [1.29, 1.82) is 0 Å². The summed E-state index contributed by atoms with van der Waals surface area (Å²) in [6, 6.07) is 11.3. The third-order valence-electron chi connectivity index (χ3n) is 5.52. The van der Waals surface area contributed by atoms with Crippen LogP contribution in [-0.4, -0.2) is 20.6 Å². The number of amides is 1. The number of rotatable bonds is 2. The van der Waals surface area contributed by atoms with Gasteiger partial charge in [-0.2, -0.15) is 0 Å². The molecule has 1 aliphatic heterocycles. The number of nitrogens with zero attached hydrogens (tertiary/aromatic N) is 3. The molecule has 1 fully saturated rings. The predicted octanol–water partition coefficient (Wildman–Crippen LogP) is 3.78. The van der Waals surface area contributed by atoms with Crippen LogP contribution in [0.5, 0.6) is 0 Å². The standard InChI is InChI=1S/C23H17F2N3O2/c1-14(29)19-13-26-22-27(21(30)23(9-10-23)28(19)22)20-17(24)11-16(12-18(20)25)8-7-15-5-3-2-4-6-15/h2-6,11-14,29H,9-10H2,1H3. The lowest BCUT2D eigenvalue weighted by molar-refractivity contribution is -0.121. The second-order valence-corrected chi connectivity index (χ2v) is 7.57. The van der Waals surface area contributed by atoms with E-state index in [0.717, 1.165) is 22.6 Å². The maximum absolute atomic E-state index is 15.0. The summed E-state index contributed by atoms with van der Waals surface area (Å²) in [5.74, 6) is 3.50. The molecule has 1 aromatic heterocycles. The molecule has 5 rings (SSSR count). The molecule has 1 atom stereocenters. The van der Waals surface area contributed by atoms with Gasteiger partial charge in [0.1, 0.15) is 11.2 Å². The van der Waals surface area contributed by atoms with Gasteiger partial charge in [0.05, 0.1) is 18.0 Å². The summed E-state index contributed by atoms with van der Waals surface area (Å²) in [5.41, 5.74) is -0.0515. The second-order valence-electron chi connectivity index (χ2n) is 7.57. The van der Waals surface area contributed by atoms with Gasteiger partial charge in [0, 0.05) is 11.1 Å². The smallest absolute Gasteiger partial charge is 0.260 e. The predicted molar refractivity (Wildman–Crippen MR) is 106 cm³/mol. The summed E-state index contributed by atoms with van der Waals surface area (Å²) in [6.07, 6.45) is 1.65. The quantitative estimate of drug-likeness (QED) is 0.660. The number of aliphatic hydroxyl groups is 1. The molecule has 0 radical (unpaired) electrons. The first-order chi connectivity index (χ1) is 14.4. The molecule has 30 heavy (non-hydrogen) atoms. The number of aromatic nitrogens is 2. The fourth-order valence-electron chi connectivity index (χ4n) is 3.91. The highest BCUT2D eigenvalue weighted by atomic mass is 19.1. The van der Waals surface area contributed by atoms with Crippen LogP contribution in [-0.2, 0) is 10.3 Å². The zero-order chi connectivity index (χ0) is 21.0. The molecule has 1 amide bonds. The monoisotopic (exact) mass is 405 g/mol. The average molecular weight is 405 g/mol. The Morgan fingerprint density at radius 1 is 1.10 bits per heavy atom. The van der Waals surface area contributed by atoms with Crippen molar-refractivity contribution in [3.63, 3.8) is 0 Å². The van der Waals surface area contributed by atoms with Crippen LogP contribution in [0, 0.1) is 23.5 Å². The number of anilines is 2. The average Bonchev–Trinajstić information content (AvgIpc) is 3.35. The minimum atomic E-state index is -0.914. The van der Waals surface area contributed by atoms with Gasteiger partial charge < -0.3 is 5.11 Å². The fourth-order valence-corrected chi connectivity index (χ4v) is 3.91. The number of halogens is 2. The van der Waals surface area contributed by atoms with Crippen LogP contribution in [0.3, 0.4) is 0 Å². The maximum Gasteiger partial charge on any atom is 0.260 e. The molecule has 2 aliphatic rings. The van der Waals surface area contributed by atoms with E-state index in [-0.39, 0.29) is 11.5 Å². The molecule has 1 spiro atoms. The van der Waals surface area contributed by atoms with E-state index in [4.69, 9.17) is 0 Å². The largest absolute Gasteiger partial charge is 0.387 e. The molecule has 150 valence electrons. The Bertz CT molecular complexity index is 1210. The second kappa shape index (κ2) is 6.51. The Hall–Kier alpha value is -3.50. The first-order valence-electron chi connectivity index (χ1n) is 9.59. The van der Waals surface area contributed by atoms with E-state index in [1.54, 1.807) is 23.6 Å². The van der Waals surface area contributed by atoms with Gasteiger partial charge in [-0.25, -0.2) is 18.7 Å². The summed E-state index contributed by atoms with van der Waals surface area (Å²) < 4.78 is 31.6. The molecule has 2 heterocycles. The number of carbonyl (C=O) groups excluding carboxylic acids is 1. The van der Waals surface area contributed by atoms with E-state index in [1.807, 2.05) is 18.2 Å². The van der Waals surface area contributed by atoms with Crippen molar-refractivity contribution in [1.82, 2.24) is 9.55 Å². The van der Waals surface area contributed by atoms with Gasteiger partial charge >= 0.3 is 0 Å². The molecular weight excluding hydrogens is 388 g/mol. The topological polar surface area (TPSA) is 58.4 Å². The summed E-state index contributed by atoms with van der Waals surface area (Å²) in [6.45, 7) is 1.56. The van der Waals surface area contributed by atoms with Crippen molar-refractivity contribution in [2.24, 2.45) is 0 Å². The lowest BCUT2D eigenvalue weighted by atomic mass is 10.1. The van der Waals surface area contributed by atoms with Gasteiger partial charge in [-0.3, -0.25) is 9.36 Å². The molecule has 5 nitrogen and oxygen atoms in total. The number of aliphatic hydroxyl groups excluding tert-OH is 1. The molecular formula is C23H17F2N3O2. The minimum absolute atomic E-state index is 0.120. The first-order valence-corrected chi connectivity index (χ1v) is 9.59. The lowest BCUT2D eigenvalue weighted by Crippen LogP contribution is -2.31. The van der Waals surface area contributed by atoms with Crippen molar-refractivity contribution in [2.45, 2.75) is 31.4 Å². The number of hydrogen-bond donors (Lipinski definition) is 1. The normalized spacial score (nSPS) is 16.9. The van der Waals surface area contributed by atoms with Crippen LogP contribution in [0.1, 0.15) is 42.7 Å². The first kappa shape index (κ1) is 18.5. The third kappa shape index (κ3) is 2.65. The third-order valence-corrected chi connectivity index (χ3v) is 5.52. The molecule has 1 saturated carbocycles. The van der Waals surface area contributed by atoms with E-state index in [2.05, 4.69) is 16.8 Å². The summed E-state index contributed by atoms with van der Waals surface area (Å²) in [7, 11) is 0. The molecule has 7 heteroatoms. The Labute approximate surface area is 171 Å². The lowest BCUT2D eigenvalue weighted by Gasteiger charge is -2.17. The Kier molecular flexibility index (Phi) is 4.02. The molecule has 0 saturated heterocycles. The van der Waals surface area contributed by atoms with Gasteiger partial charge in [0.2, 0.25) is 5.95 Å². The summed E-state index contributed by atoms with van der Waals surface area (Å²) in [5, 5.41) is 10.0. The highest BCUT2D eigenvalue weighted by Crippen LogP contribution is 2.55. The van der Waals surface area contributed by atoms with Gasteiger partial charge in [-0.05, 0) is 44.0 Å². The van der Waals surface area contributed by atoms with Crippen LogP contribution in [0.2, 0.25) is 0 Å².